The minimum absolute atomic E-state index is 0.0354. The van der Waals surface area contributed by atoms with Crippen LogP contribution in [0, 0.1) is 11.3 Å². The van der Waals surface area contributed by atoms with Gasteiger partial charge in [-0.25, -0.2) is 4.98 Å². The van der Waals surface area contributed by atoms with E-state index in [2.05, 4.69) is 31.8 Å². The number of hydrogen-bond acceptors (Lipinski definition) is 4. The number of halogens is 1. The molecule has 6 nitrogen and oxygen atoms in total. The predicted molar refractivity (Wildman–Crippen MR) is 98.4 cm³/mol. The van der Waals surface area contributed by atoms with Crippen molar-refractivity contribution < 1.29 is 9.53 Å². The van der Waals surface area contributed by atoms with Gasteiger partial charge >= 0.3 is 0 Å². The average molecular weight is 373 g/mol. The maximum Gasteiger partial charge on any atom is 0.271 e. The van der Waals surface area contributed by atoms with Crippen molar-refractivity contribution in [3.05, 3.63) is 46.0 Å². The molecule has 0 fully saturated rings. The predicted octanol–water partition coefficient (Wildman–Crippen LogP) is 3.37. The van der Waals surface area contributed by atoms with Crippen molar-refractivity contribution in [2.75, 3.05) is 13.6 Å². The van der Waals surface area contributed by atoms with E-state index in [-0.39, 0.29) is 17.9 Å². The van der Waals surface area contributed by atoms with Gasteiger partial charge in [0, 0.05) is 31.8 Å². The number of carbonyl (C=O) groups is 1. The van der Waals surface area contributed by atoms with Crippen molar-refractivity contribution in [2.24, 2.45) is 0 Å². The van der Waals surface area contributed by atoms with Crippen LogP contribution < -0.4 is 4.74 Å². The second kappa shape index (κ2) is 6.65. The van der Waals surface area contributed by atoms with E-state index in [1.807, 2.05) is 4.57 Å². The van der Waals surface area contributed by atoms with Crippen LogP contribution in [0.1, 0.15) is 48.2 Å². The minimum Gasteiger partial charge on any atom is -0.485 e. The van der Waals surface area contributed by atoms with Gasteiger partial charge in [0.1, 0.15) is 29.9 Å². The Hall–Kier alpha value is -2.52. The number of benzene rings is 1. The SMILES string of the molecule is CN1CCn2c(cnc2COc2cc(Cl)c(C#N)cc2C(C)(C)C)C1=O. The summed E-state index contributed by atoms with van der Waals surface area (Å²) in [6.07, 6.45) is 1.59. The molecule has 1 aliphatic heterocycles. The molecule has 1 aromatic carbocycles. The fourth-order valence-electron chi connectivity index (χ4n) is 2.99. The summed E-state index contributed by atoms with van der Waals surface area (Å²) in [4.78, 5) is 18.2. The standard InChI is InChI=1S/C19H21ClN4O2/c1-19(2,3)13-7-12(9-21)14(20)8-16(13)26-11-17-22-10-15-18(25)23(4)5-6-24(15)17/h7-8,10H,5-6,11H2,1-4H3. The molecule has 2 aromatic rings. The highest BCUT2D eigenvalue weighted by atomic mass is 35.5. The first kappa shape index (κ1) is 18.3. The van der Waals surface area contributed by atoms with E-state index >= 15 is 0 Å². The number of nitrogens with zero attached hydrogens (tertiary/aromatic N) is 4. The number of fused-ring (bicyclic) bond motifs is 1. The van der Waals surface area contributed by atoms with E-state index in [4.69, 9.17) is 16.3 Å². The van der Waals surface area contributed by atoms with Crippen molar-refractivity contribution in [3.8, 4) is 11.8 Å². The molecule has 0 N–H and O–H groups in total. The van der Waals surface area contributed by atoms with Crippen molar-refractivity contribution >= 4 is 17.5 Å². The van der Waals surface area contributed by atoms with Crippen LogP contribution in [-0.2, 0) is 18.6 Å². The third kappa shape index (κ3) is 3.27. The smallest absolute Gasteiger partial charge is 0.271 e. The number of likely N-dealkylation sites (N-methyl/N-ethyl adjacent to an activating group) is 1. The van der Waals surface area contributed by atoms with E-state index in [1.54, 1.807) is 30.3 Å². The summed E-state index contributed by atoms with van der Waals surface area (Å²) in [6, 6.07) is 5.56. The largest absolute Gasteiger partial charge is 0.485 e. The molecule has 0 unspecified atom stereocenters. The molecule has 0 saturated heterocycles. The number of carbonyl (C=O) groups excluding carboxylic acids is 1. The third-order valence-corrected chi connectivity index (χ3v) is 4.83. The summed E-state index contributed by atoms with van der Waals surface area (Å²) in [7, 11) is 1.78. The zero-order valence-corrected chi connectivity index (χ0v) is 16.1. The molecular formula is C19H21ClN4O2. The van der Waals surface area contributed by atoms with Crippen LogP contribution in [0.2, 0.25) is 5.02 Å². The molecule has 0 atom stereocenters. The summed E-state index contributed by atoms with van der Waals surface area (Å²) in [6.45, 7) is 7.71. The molecule has 1 aliphatic rings. The first-order valence-corrected chi connectivity index (χ1v) is 8.77. The third-order valence-electron chi connectivity index (χ3n) is 4.52. The summed E-state index contributed by atoms with van der Waals surface area (Å²) in [5.74, 6) is 1.28. The van der Waals surface area contributed by atoms with E-state index in [0.717, 1.165) is 5.56 Å². The molecule has 0 radical (unpaired) electrons. The first-order chi connectivity index (χ1) is 12.2. The van der Waals surface area contributed by atoms with Crippen LogP contribution in [-0.4, -0.2) is 34.0 Å². The maximum atomic E-state index is 12.2. The molecule has 26 heavy (non-hydrogen) atoms. The van der Waals surface area contributed by atoms with Gasteiger partial charge in [-0.15, -0.1) is 0 Å². The molecule has 0 spiro atoms. The highest BCUT2D eigenvalue weighted by molar-refractivity contribution is 6.31. The Morgan fingerprint density at radius 1 is 1.35 bits per heavy atom. The van der Waals surface area contributed by atoms with Gasteiger partial charge in [-0.05, 0) is 11.5 Å². The van der Waals surface area contributed by atoms with Gasteiger partial charge in [0.25, 0.3) is 5.91 Å². The normalized spacial score (nSPS) is 14.2. The fourth-order valence-corrected chi connectivity index (χ4v) is 3.18. The monoisotopic (exact) mass is 372 g/mol. The molecule has 1 amide bonds. The van der Waals surface area contributed by atoms with Crippen molar-refractivity contribution in [1.29, 1.82) is 5.26 Å². The van der Waals surface area contributed by atoms with E-state index in [0.29, 0.717) is 40.9 Å². The van der Waals surface area contributed by atoms with Crippen molar-refractivity contribution in [3.63, 3.8) is 0 Å². The Balaban J connectivity index is 1.90. The minimum atomic E-state index is -0.212. The van der Waals surface area contributed by atoms with Gasteiger partial charge in [-0.3, -0.25) is 4.79 Å². The van der Waals surface area contributed by atoms with Crippen molar-refractivity contribution in [2.45, 2.75) is 39.3 Å². The number of aromatic nitrogens is 2. The summed E-state index contributed by atoms with van der Waals surface area (Å²) < 4.78 is 7.91. The van der Waals surface area contributed by atoms with Gasteiger partial charge < -0.3 is 14.2 Å². The molecular weight excluding hydrogens is 352 g/mol. The topological polar surface area (TPSA) is 71.2 Å². The Bertz CT molecular complexity index is 905. The van der Waals surface area contributed by atoms with E-state index in [9.17, 15) is 10.1 Å². The van der Waals surface area contributed by atoms with Crippen LogP contribution in [0.25, 0.3) is 0 Å². The number of nitriles is 1. The van der Waals surface area contributed by atoms with E-state index < -0.39 is 0 Å². The Morgan fingerprint density at radius 3 is 2.73 bits per heavy atom. The lowest BCUT2D eigenvalue weighted by molar-refractivity contribution is 0.0746. The van der Waals surface area contributed by atoms with Gasteiger partial charge in [0.05, 0.1) is 16.8 Å². The second-order valence-electron chi connectivity index (χ2n) is 7.42. The average Bonchev–Trinajstić information content (AvgIpc) is 2.99. The second-order valence-corrected chi connectivity index (χ2v) is 7.82. The van der Waals surface area contributed by atoms with Crippen LogP contribution in [0.3, 0.4) is 0 Å². The molecule has 2 heterocycles. The van der Waals surface area contributed by atoms with Crippen LogP contribution in [0.4, 0.5) is 0 Å². The van der Waals surface area contributed by atoms with Crippen molar-refractivity contribution in [1.82, 2.24) is 14.5 Å². The number of imidazole rings is 1. The molecule has 136 valence electrons. The van der Waals surface area contributed by atoms with Gasteiger partial charge in [0.2, 0.25) is 0 Å². The lowest BCUT2D eigenvalue weighted by Crippen LogP contribution is -2.37. The Morgan fingerprint density at radius 2 is 2.08 bits per heavy atom. The first-order valence-electron chi connectivity index (χ1n) is 8.39. The van der Waals surface area contributed by atoms with Gasteiger partial charge in [0.15, 0.2) is 0 Å². The van der Waals surface area contributed by atoms with Crippen LogP contribution in [0.15, 0.2) is 18.3 Å². The van der Waals surface area contributed by atoms with Gasteiger partial charge in [-0.2, -0.15) is 5.26 Å². The lowest BCUT2D eigenvalue weighted by atomic mass is 9.85. The van der Waals surface area contributed by atoms with E-state index in [1.165, 1.54) is 0 Å². The Labute approximate surface area is 158 Å². The lowest BCUT2D eigenvalue weighted by Gasteiger charge is -2.26. The number of amides is 1. The summed E-state index contributed by atoms with van der Waals surface area (Å²) >= 11 is 6.19. The fraction of sp³-hybridized carbons (Fsp3) is 0.421. The van der Waals surface area contributed by atoms with Crippen LogP contribution in [0.5, 0.6) is 5.75 Å². The highest BCUT2D eigenvalue weighted by Crippen LogP contribution is 2.36. The molecule has 1 aromatic heterocycles. The number of hydrogen-bond donors (Lipinski definition) is 0. The highest BCUT2D eigenvalue weighted by Gasteiger charge is 2.26. The quantitative estimate of drug-likeness (QED) is 0.828. The molecule has 7 heteroatoms. The molecule has 0 aliphatic carbocycles. The van der Waals surface area contributed by atoms with Crippen LogP contribution >= 0.6 is 11.6 Å². The number of ether oxygens (including phenoxy) is 1. The number of rotatable bonds is 3. The zero-order chi connectivity index (χ0) is 19.1. The molecule has 0 bridgehead atoms. The zero-order valence-electron chi connectivity index (χ0n) is 15.3. The van der Waals surface area contributed by atoms with Gasteiger partial charge in [-0.1, -0.05) is 32.4 Å². The molecule has 0 saturated carbocycles. The summed E-state index contributed by atoms with van der Waals surface area (Å²) in [5, 5.41) is 9.59. The molecule has 3 rings (SSSR count). The maximum absolute atomic E-state index is 12.2. The Kier molecular flexibility index (Phi) is 4.68. The summed E-state index contributed by atoms with van der Waals surface area (Å²) in [5.41, 5.74) is 1.69.